The predicted molar refractivity (Wildman–Crippen MR) is 285 cm³/mol. The molecule has 68 heavy (non-hydrogen) atoms. The van der Waals surface area contributed by atoms with Gasteiger partial charge in [-0.05, 0) is 103 Å². The van der Waals surface area contributed by atoms with Crippen LogP contribution >= 0.6 is 0 Å². The highest BCUT2D eigenvalue weighted by atomic mass is 16.3. The van der Waals surface area contributed by atoms with Gasteiger partial charge in [-0.15, -0.1) is 0 Å². The fraction of sp³-hybridized carbons (Fsp3) is 0.0154. The van der Waals surface area contributed by atoms with Crippen molar-refractivity contribution in [3.05, 3.63) is 277 Å². The average molecular weight is 864 g/mol. The van der Waals surface area contributed by atoms with Crippen LogP contribution in [0.3, 0.4) is 0 Å². The number of rotatable bonds is 6. The van der Waals surface area contributed by atoms with E-state index in [9.17, 15) is 0 Å². The van der Waals surface area contributed by atoms with E-state index >= 15 is 0 Å². The van der Waals surface area contributed by atoms with Crippen LogP contribution in [0.15, 0.2) is 259 Å². The van der Waals surface area contributed by atoms with Gasteiger partial charge in [0.2, 0.25) is 6.71 Å². The molecule has 0 aliphatic carbocycles. The number of para-hydroxylation sites is 2. The molecule has 12 aromatic rings. The lowest BCUT2D eigenvalue weighted by molar-refractivity contribution is 0.669. The molecule has 14 rings (SSSR count). The van der Waals surface area contributed by atoms with Crippen molar-refractivity contribution in [1.29, 1.82) is 0 Å². The fourth-order valence-corrected chi connectivity index (χ4v) is 12.1. The summed E-state index contributed by atoms with van der Waals surface area (Å²) in [6.45, 7) is -0.0271. The fourth-order valence-electron chi connectivity index (χ4n) is 12.1. The van der Waals surface area contributed by atoms with E-state index < -0.39 is 5.41 Å². The van der Waals surface area contributed by atoms with Crippen molar-refractivity contribution in [2.24, 2.45) is 0 Å². The molecule has 2 aliphatic heterocycles. The Hall–Kier alpha value is -8.66. The molecule has 0 radical (unpaired) electrons. The van der Waals surface area contributed by atoms with Crippen LogP contribution in [0.5, 0.6) is 0 Å². The molecule has 2 nitrogen and oxygen atoms in total. The topological polar surface area (TPSA) is 16.4 Å². The first-order chi connectivity index (χ1) is 33.8. The molecule has 0 bridgehead atoms. The number of benzene rings is 11. The van der Waals surface area contributed by atoms with E-state index in [1.807, 2.05) is 0 Å². The smallest absolute Gasteiger partial charge is 0.244 e. The number of fused-ring (bicyclic) bond motifs is 9. The monoisotopic (exact) mass is 863 g/mol. The summed E-state index contributed by atoms with van der Waals surface area (Å²) in [6, 6.07) is 93.6. The van der Waals surface area contributed by atoms with Gasteiger partial charge >= 0.3 is 0 Å². The SMILES string of the molecule is c1ccc(-c2cccc3c2B(c2ccc4oc5cc(N6c7ccccc7C(c7ccccc7)(c7ccccc7)c7ccccc76)ccc5c4c2)c2c-3cc3ccccc3c2-c2ccccc2)cc1. The van der Waals surface area contributed by atoms with Crippen LogP contribution in [-0.2, 0) is 5.41 Å². The summed E-state index contributed by atoms with van der Waals surface area (Å²) in [5.41, 5.74) is 21.1. The highest BCUT2D eigenvalue weighted by Gasteiger charge is 2.46. The third-order valence-corrected chi connectivity index (χ3v) is 14.8. The lowest BCUT2D eigenvalue weighted by Crippen LogP contribution is -2.50. The van der Waals surface area contributed by atoms with Crippen LogP contribution in [0.2, 0.25) is 0 Å². The molecular formula is C65H42BNO. The van der Waals surface area contributed by atoms with Gasteiger partial charge in [-0.1, -0.05) is 229 Å². The zero-order valence-corrected chi connectivity index (χ0v) is 37.2. The molecule has 0 N–H and O–H groups in total. The Morgan fingerprint density at radius 2 is 0.956 bits per heavy atom. The van der Waals surface area contributed by atoms with Crippen LogP contribution in [0.4, 0.5) is 17.1 Å². The van der Waals surface area contributed by atoms with Crippen molar-refractivity contribution in [3.8, 4) is 33.4 Å². The summed E-state index contributed by atoms with van der Waals surface area (Å²) in [7, 11) is 0. The van der Waals surface area contributed by atoms with Crippen molar-refractivity contribution >= 4 is 72.9 Å². The van der Waals surface area contributed by atoms with Gasteiger partial charge in [0.1, 0.15) is 11.2 Å². The molecule has 0 saturated carbocycles. The first-order valence-corrected chi connectivity index (χ1v) is 23.6. The summed E-state index contributed by atoms with van der Waals surface area (Å²) in [5.74, 6) is 0. The van der Waals surface area contributed by atoms with Crippen LogP contribution < -0.4 is 21.3 Å². The van der Waals surface area contributed by atoms with Crippen molar-refractivity contribution in [2.45, 2.75) is 5.41 Å². The lowest BCUT2D eigenvalue weighted by Gasteiger charge is -2.46. The minimum atomic E-state index is -0.531. The molecule has 0 spiro atoms. The van der Waals surface area contributed by atoms with E-state index in [1.165, 1.54) is 82.8 Å². The maximum atomic E-state index is 6.91. The summed E-state index contributed by atoms with van der Waals surface area (Å²) < 4.78 is 6.91. The maximum Gasteiger partial charge on any atom is 0.244 e. The first kappa shape index (κ1) is 38.6. The van der Waals surface area contributed by atoms with Gasteiger partial charge < -0.3 is 9.32 Å². The number of furan rings is 1. The van der Waals surface area contributed by atoms with Gasteiger partial charge in [0.05, 0.1) is 16.8 Å². The molecule has 3 heterocycles. The summed E-state index contributed by atoms with van der Waals surface area (Å²) in [4.78, 5) is 2.43. The lowest BCUT2D eigenvalue weighted by atomic mass is 9.37. The molecule has 0 saturated heterocycles. The molecule has 2 aliphatic rings. The van der Waals surface area contributed by atoms with Crippen LogP contribution in [0.1, 0.15) is 22.3 Å². The maximum absolute atomic E-state index is 6.91. The van der Waals surface area contributed by atoms with Crippen molar-refractivity contribution in [2.75, 3.05) is 4.90 Å². The largest absolute Gasteiger partial charge is 0.456 e. The average Bonchev–Trinajstić information content (AvgIpc) is 3.95. The molecular weight excluding hydrogens is 822 g/mol. The minimum Gasteiger partial charge on any atom is -0.456 e. The Bertz CT molecular complexity index is 3830. The molecule has 1 aromatic heterocycles. The molecule has 0 atom stereocenters. The third-order valence-electron chi connectivity index (χ3n) is 14.8. The standard InChI is InChI=1S/C65H42BNO/c1-5-20-43(21-6-1)51-30-19-31-53-55-40-45-24-13-14-29-50(45)62(44-22-7-2-8-23-44)64(55)66(63(51)53)48-36-39-60-54(41-48)52-38-37-49(42-61(52)68-60)67-58-34-17-15-32-56(58)65(46-25-9-3-10-26-46,47-27-11-4-12-28-47)57-33-16-18-35-59(57)67/h1-42H. The predicted octanol–water partition coefficient (Wildman–Crippen LogP) is 14.7. The quantitative estimate of drug-likeness (QED) is 0.155. The Labute approximate surface area is 396 Å². The van der Waals surface area contributed by atoms with E-state index in [2.05, 4.69) is 260 Å². The number of anilines is 3. The van der Waals surface area contributed by atoms with E-state index in [1.54, 1.807) is 0 Å². The molecule has 0 unspecified atom stereocenters. The van der Waals surface area contributed by atoms with Gasteiger partial charge in [0.25, 0.3) is 0 Å². The third kappa shape index (κ3) is 5.60. The van der Waals surface area contributed by atoms with Gasteiger partial charge in [0, 0.05) is 22.5 Å². The van der Waals surface area contributed by atoms with Crippen LogP contribution in [0, 0.1) is 0 Å². The van der Waals surface area contributed by atoms with E-state index in [0.717, 1.165) is 39.0 Å². The van der Waals surface area contributed by atoms with Crippen LogP contribution in [-0.4, -0.2) is 6.71 Å². The second-order valence-electron chi connectivity index (χ2n) is 18.3. The van der Waals surface area contributed by atoms with E-state index in [0.29, 0.717) is 0 Å². The zero-order chi connectivity index (χ0) is 44.8. The second kappa shape index (κ2) is 15.2. The zero-order valence-electron chi connectivity index (χ0n) is 37.2. The highest BCUT2D eigenvalue weighted by molar-refractivity contribution is 7.01. The van der Waals surface area contributed by atoms with Gasteiger partial charge in [-0.2, -0.15) is 0 Å². The van der Waals surface area contributed by atoms with Crippen molar-refractivity contribution in [1.82, 2.24) is 0 Å². The van der Waals surface area contributed by atoms with Crippen LogP contribution in [0.25, 0.3) is 66.1 Å². The normalized spacial score (nSPS) is 13.4. The van der Waals surface area contributed by atoms with E-state index in [-0.39, 0.29) is 6.71 Å². The van der Waals surface area contributed by atoms with Gasteiger partial charge in [-0.25, -0.2) is 0 Å². The van der Waals surface area contributed by atoms with Gasteiger partial charge in [0.15, 0.2) is 0 Å². The highest BCUT2D eigenvalue weighted by Crippen LogP contribution is 2.57. The van der Waals surface area contributed by atoms with Crippen molar-refractivity contribution < 1.29 is 4.42 Å². The Balaban J connectivity index is 0.967. The Morgan fingerprint density at radius 1 is 0.368 bits per heavy atom. The summed E-state index contributed by atoms with van der Waals surface area (Å²) >= 11 is 0. The van der Waals surface area contributed by atoms with Crippen molar-refractivity contribution in [3.63, 3.8) is 0 Å². The molecule has 11 aromatic carbocycles. The summed E-state index contributed by atoms with van der Waals surface area (Å²) in [6.07, 6.45) is 0. The molecule has 316 valence electrons. The molecule has 3 heteroatoms. The number of hydrogen-bond acceptors (Lipinski definition) is 2. The minimum absolute atomic E-state index is 0.0271. The Morgan fingerprint density at radius 3 is 1.65 bits per heavy atom. The Kier molecular flexibility index (Phi) is 8.63. The number of nitrogens with zero attached hydrogens (tertiary/aromatic N) is 1. The first-order valence-electron chi connectivity index (χ1n) is 23.6. The summed E-state index contributed by atoms with van der Waals surface area (Å²) in [5, 5.41) is 4.73. The van der Waals surface area contributed by atoms with Gasteiger partial charge in [-0.3, -0.25) is 0 Å². The second-order valence-corrected chi connectivity index (χ2v) is 18.3. The molecule has 0 amide bonds. The number of hydrogen-bond donors (Lipinski definition) is 0. The molecule has 0 fully saturated rings. The van der Waals surface area contributed by atoms with E-state index in [4.69, 9.17) is 4.42 Å².